The SMILES string of the molecule is CC/C=C\C/C=C\C/C=C\C/C=C\C/C=C\C/C=C\CCCCCCCCCCCCC(=O)OCC(COC(=O)CCCCCCC/C=C\C/C=C\CCC)OC(=O)CCCCCCCCCCCCCCCCCCCCCCCCC. The summed E-state index contributed by atoms with van der Waals surface area (Å²) < 4.78 is 17.0. The van der Waals surface area contributed by atoms with Crippen LogP contribution >= 0.6 is 0 Å². The van der Waals surface area contributed by atoms with Gasteiger partial charge in [0, 0.05) is 19.3 Å². The van der Waals surface area contributed by atoms with Crippen molar-refractivity contribution < 1.29 is 28.6 Å². The van der Waals surface area contributed by atoms with Crippen molar-refractivity contribution in [3.05, 3.63) is 97.2 Å². The topological polar surface area (TPSA) is 78.9 Å². The Kier molecular flexibility index (Phi) is 67.7. The number of esters is 3. The Bertz CT molecular complexity index is 1610. The maximum Gasteiger partial charge on any atom is 0.306 e. The fourth-order valence-electron chi connectivity index (χ4n) is 10.3. The number of hydrogen-bond donors (Lipinski definition) is 0. The summed E-state index contributed by atoms with van der Waals surface area (Å²) in [5, 5.41) is 0. The van der Waals surface area contributed by atoms with Gasteiger partial charge < -0.3 is 14.2 Å². The lowest BCUT2D eigenvalue weighted by atomic mass is 10.0. The van der Waals surface area contributed by atoms with Crippen LogP contribution in [0.5, 0.6) is 0 Å². The minimum absolute atomic E-state index is 0.0812. The fraction of sp³-hybridized carbons (Fsp3) is 0.753. The number of hydrogen-bond acceptors (Lipinski definition) is 6. The summed E-state index contributed by atoms with van der Waals surface area (Å²) in [7, 11) is 0. The molecule has 0 saturated heterocycles. The van der Waals surface area contributed by atoms with Gasteiger partial charge in [0.05, 0.1) is 0 Å². The van der Waals surface area contributed by atoms with Gasteiger partial charge in [-0.15, -0.1) is 0 Å². The van der Waals surface area contributed by atoms with Gasteiger partial charge in [0.1, 0.15) is 13.2 Å². The van der Waals surface area contributed by atoms with Crippen LogP contribution in [-0.2, 0) is 28.6 Å². The van der Waals surface area contributed by atoms with Gasteiger partial charge in [-0.1, -0.05) is 336 Å². The molecular weight excluding hydrogens is 1020 g/mol. The molecule has 0 aromatic rings. The lowest BCUT2D eigenvalue weighted by Gasteiger charge is -2.18. The zero-order valence-corrected chi connectivity index (χ0v) is 54.9. The van der Waals surface area contributed by atoms with Gasteiger partial charge >= 0.3 is 17.9 Å². The number of unbranched alkanes of at least 4 members (excludes halogenated alkanes) is 38. The Hall–Kier alpha value is -3.67. The van der Waals surface area contributed by atoms with E-state index in [4.69, 9.17) is 14.2 Å². The first-order valence-corrected chi connectivity index (χ1v) is 35.7. The summed E-state index contributed by atoms with van der Waals surface area (Å²) in [6, 6.07) is 0. The van der Waals surface area contributed by atoms with Crippen LogP contribution in [0.15, 0.2) is 97.2 Å². The zero-order chi connectivity index (χ0) is 59.9. The highest BCUT2D eigenvalue weighted by atomic mass is 16.6. The summed E-state index contributed by atoms with van der Waals surface area (Å²) in [6.45, 7) is 6.50. The second-order valence-electron chi connectivity index (χ2n) is 23.8. The second-order valence-corrected chi connectivity index (χ2v) is 23.8. The molecule has 0 rings (SSSR count). The Labute approximate surface area is 515 Å². The quantitative estimate of drug-likeness (QED) is 0.0261. The summed E-state index contributed by atoms with van der Waals surface area (Å²) in [4.78, 5) is 38.4. The molecule has 0 saturated carbocycles. The molecule has 0 aliphatic heterocycles. The second kappa shape index (κ2) is 70.8. The Morgan fingerprint density at radius 1 is 0.253 bits per heavy atom. The monoisotopic (exact) mass is 1160 g/mol. The number of carbonyl (C=O) groups excluding carboxylic acids is 3. The lowest BCUT2D eigenvalue weighted by Crippen LogP contribution is -2.30. The Morgan fingerprint density at radius 3 is 0.783 bits per heavy atom. The largest absolute Gasteiger partial charge is 0.462 e. The minimum Gasteiger partial charge on any atom is -0.462 e. The van der Waals surface area contributed by atoms with Gasteiger partial charge in [-0.05, 0) is 96.3 Å². The highest BCUT2D eigenvalue weighted by Gasteiger charge is 2.19. The minimum atomic E-state index is -0.785. The molecule has 0 spiro atoms. The first kappa shape index (κ1) is 79.3. The summed E-state index contributed by atoms with van der Waals surface area (Å²) >= 11 is 0. The van der Waals surface area contributed by atoms with Gasteiger partial charge in [-0.25, -0.2) is 0 Å². The van der Waals surface area contributed by atoms with E-state index in [-0.39, 0.29) is 31.1 Å². The van der Waals surface area contributed by atoms with Crippen LogP contribution in [0.3, 0.4) is 0 Å². The van der Waals surface area contributed by atoms with Crippen LogP contribution in [0.25, 0.3) is 0 Å². The average molecular weight is 1160 g/mol. The molecular formula is C77H134O6. The van der Waals surface area contributed by atoms with Crippen LogP contribution in [0, 0.1) is 0 Å². The zero-order valence-electron chi connectivity index (χ0n) is 54.9. The van der Waals surface area contributed by atoms with E-state index in [0.29, 0.717) is 19.3 Å². The van der Waals surface area contributed by atoms with Gasteiger partial charge in [0.15, 0.2) is 6.10 Å². The fourth-order valence-corrected chi connectivity index (χ4v) is 10.3. The number of allylic oxidation sites excluding steroid dienone is 16. The van der Waals surface area contributed by atoms with Crippen molar-refractivity contribution >= 4 is 17.9 Å². The van der Waals surface area contributed by atoms with Crippen LogP contribution in [0.4, 0.5) is 0 Å². The molecule has 0 aromatic carbocycles. The van der Waals surface area contributed by atoms with Crippen molar-refractivity contribution in [2.45, 2.75) is 361 Å². The smallest absolute Gasteiger partial charge is 0.306 e. The first-order chi connectivity index (χ1) is 41.0. The van der Waals surface area contributed by atoms with Crippen LogP contribution in [-0.4, -0.2) is 37.2 Å². The van der Waals surface area contributed by atoms with Crippen molar-refractivity contribution in [1.29, 1.82) is 0 Å². The third kappa shape index (κ3) is 69.0. The Balaban J connectivity index is 4.27. The summed E-state index contributed by atoms with van der Waals surface area (Å²) in [5.74, 6) is -0.882. The highest BCUT2D eigenvalue weighted by molar-refractivity contribution is 5.71. The Morgan fingerprint density at radius 2 is 0.494 bits per heavy atom. The molecule has 1 atom stereocenters. The number of carbonyl (C=O) groups is 3. The highest BCUT2D eigenvalue weighted by Crippen LogP contribution is 2.18. The van der Waals surface area contributed by atoms with Crippen LogP contribution in [0.1, 0.15) is 355 Å². The van der Waals surface area contributed by atoms with Gasteiger partial charge in [-0.3, -0.25) is 14.4 Å². The van der Waals surface area contributed by atoms with E-state index >= 15 is 0 Å². The molecule has 0 fully saturated rings. The number of rotatable bonds is 65. The maximum atomic E-state index is 13.0. The van der Waals surface area contributed by atoms with E-state index < -0.39 is 6.10 Å². The predicted molar refractivity (Wildman–Crippen MR) is 362 cm³/mol. The summed E-state index contributed by atoms with van der Waals surface area (Å²) in [5.41, 5.74) is 0. The molecule has 83 heavy (non-hydrogen) atoms. The van der Waals surface area contributed by atoms with Crippen LogP contribution in [0.2, 0.25) is 0 Å². The average Bonchev–Trinajstić information content (AvgIpc) is 3.49. The molecule has 0 aromatic heterocycles. The molecule has 0 heterocycles. The van der Waals surface area contributed by atoms with Crippen molar-refractivity contribution in [2.75, 3.05) is 13.2 Å². The number of ether oxygens (including phenoxy) is 3. The van der Waals surface area contributed by atoms with E-state index in [1.807, 2.05) is 0 Å². The molecule has 0 amide bonds. The molecule has 6 nitrogen and oxygen atoms in total. The van der Waals surface area contributed by atoms with E-state index in [2.05, 4.69) is 118 Å². The lowest BCUT2D eigenvalue weighted by molar-refractivity contribution is -0.167. The molecule has 6 heteroatoms. The van der Waals surface area contributed by atoms with Crippen molar-refractivity contribution in [2.24, 2.45) is 0 Å². The van der Waals surface area contributed by atoms with Crippen molar-refractivity contribution in [3.8, 4) is 0 Å². The van der Waals surface area contributed by atoms with Gasteiger partial charge in [0.2, 0.25) is 0 Å². The molecule has 478 valence electrons. The summed E-state index contributed by atoms with van der Waals surface area (Å²) in [6.07, 6.45) is 95.8. The molecule has 0 aliphatic carbocycles. The molecule has 0 N–H and O–H groups in total. The van der Waals surface area contributed by atoms with Crippen molar-refractivity contribution in [3.63, 3.8) is 0 Å². The first-order valence-electron chi connectivity index (χ1n) is 35.7. The third-order valence-electron chi connectivity index (χ3n) is 15.6. The van der Waals surface area contributed by atoms with E-state index in [9.17, 15) is 14.4 Å². The van der Waals surface area contributed by atoms with Crippen LogP contribution < -0.4 is 0 Å². The van der Waals surface area contributed by atoms with E-state index in [0.717, 1.165) is 122 Å². The van der Waals surface area contributed by atoms with Gasteiger partial charge in [-0.2, -0.15) is 0 Å². The van der Waals surface area contributed by atoms with E-state index in [1.54, 1.807) is 0 Å². The standard InChI is InChI=1S/C77H134O6/c1-4-7-10-13-16-19-22-25-27-29-31-33-35-36-37-38-39-40-42-43-45-47-49-52-55-58-61-64-67-70-76(79)82-73-74(72-81-75(78)69-66-63-60-57-54-51-24-21-18-15-12-9-6-3)83-77(80)71-68-65-62-59-56-53-50-48-46-44-41-34-32-30-28-26-23-20-17-14-11-8-5-2/h7,10,12,15-16,19,21,24-25,27,31,33,36-37,39-40,74H,4-6,8-9,11,13-14,17-18,20,22-23,26,28-30,32,34-35,38,41-73H2,1-3H3/b10-7-,15-12-,19-16-,24-21-,27-25-,33-31-,37-36-,40-39-. The normalized spacial score (nSPS) is 12.7. The maximum absolute atomic E-state index is 13.0. The molecule has 0 radical (unpaired) electrons. The molecule has 1 unspecified atom stereocenters. The molecule has 0 bridgehead atoms. The predicted octanol–water partition coefficient (Wildman–Crippen LogP) is 24.8. The van der Waals surface area contributed by atoms with Gasteiger partial charge in [0.25, 0.3) is 0 Å². The molecule has 0 aliphatic rings. The third-order valence-corrected chi connectivity index (χ3v) is 15.6. The van der Waals surface area contributed by atoms with Crippen molar-refractivity contribution in [1.82, 2.24) is 0 Å². The van der Waals surface area contributed by atoms with E-state index in [1.165, 1.54) is 193 Å².